The fourth-order valence-corrected chi connectivity index (χ4v) is 2.51. The van der Waals surface area contributed by atoms with Crippen LogP contribution in [0, 0.1) is 0 Å². The van der Waals surface area contributed by atoms with Crippen LogP contribution < -0.4 is 5.73 Å². The van der Waals surface area contributed by atoms with Gasteiger partial charge in [0.2, 0.25) is 0 Å². The monoisotopic (exact) mass is 392 g/mol. The highest BCUT2D eigenvalue weighted by Crippen LogP contribution is 2.19. The third kappa shape index (κ3) is 4.25. The number of ether oxygens (including phenoxy) is 2. The van der Waals surface area contributed by atoms with E-state index >= 15 is 0 Å². The van der Waals surface area contributed by atoms with Crippen molar-refractivity contribution in [2.24, 2.45) is 0 Å². The Labute approximate surface area is 147 Å². The van der Waals surface area contributed by atoms with Crippen molar-refractivity contribution in [2.45, 2.75) is 6.54 Å². The molecule has 3 aromatic rings. The minimum Gasteiger partial charge on any atom is -0.382 e. The number of rotatable bonds is 2. The minimum absolute atomic E-state index is 0.413. The average Bonchev–Trinajstić information content (AvgIpc) is 3.01. The highest BCUT2D eigenvalue weighted by Gasteiger charge is 2.07. The largest absolute Gasteiger partial charge is 0.382 e. The molecule has 1 aliphatic rings. The molecular weight excluding hydrogens is 376 g/mol. The van der Waals surface area contributed by atoms with Gasteiger partial charge >= 0.3 is 0 Å². The van der Waals surface area contributed by atoms with Crippen LogP contribution in [0.3, 0.4) is 0 Å². The summed E-state index contributed by atoms with van der Waals surface area (Å²) in [6.45, 7) is 3.63. The van der Waals surface area contributed by atoms with Crippen LogP contribution in [-0.4, -0.2) is 51.6 Å². The SMILES string of the molecule is C1COCCO1.Nc1nnccc1Cn1nnc2ccc(Br)cc21. The molecule has 24 heavy (non-hydrogen) atoms. The molecule has 0 unspecified atom stereocenters. The average molecular weight is 393 g/mol. The molecule has 1 aliphatic heterocycles. The van der Waals surface area contributed by atoms with Gasteiger partial charge in [0.05, 0.1) is 44.7 Å². The molecule has 2 aromatic heterocycles. The molecule has 1 aromatic carbocycles. The fourth-order valence-electron chi connectivity index (χ4n) is 2.16. The summed E-state index contributed by atoms with van der Waals surface area (Å²) >= 11 is 3.44. The second-order valence-electron chi connectivity index (χ2n) is 5.05. The van der Waals surface area contributed by atoms with Gasteiger partial charge in [-0.05, 0) is 24.3 Å². The maximum Gasteiger partial charge on any atom is 0.151 e. The summed E-state index contributed by atoms with van der Waals surface area (Å²) in [7, 11) is 0. The number of hydrogen-bond acceptors (Lipinski definition) is 7. The van der Waals surface area contributed by atoms with Gasteiger partial charge in [-0.25, -0.2) is 4.68 Å². The number of nitrogen functional groups attached to an aromatic ring is 1. The molecule has 0 radical (unpaired) electrons. The molecular formula is C15H17BrN6O2. The van der Waals surface area contributed by atoms with Crippen LogP contribution in [0.2, 0.25) is 0 Å². The first-order chi connectivity index (χ1) is 11.7. The van der Waals surface area contributed by atoms with Crippen LogP contribution in [0.15, 0.2) is 34.9 Å². The summed E-state index contributed by atoms with van der Waals surface area (Å²) in [4.78, 5) is 0. The maximum atomic E-state index is 5.77. The van der Waals surface area contributed by atoms with E-state index in [-0.39, 0.29) is 0 Å². The first kappa shape index (κ1) is 16.7. The van der Waals surface area contributed by atoms with E-state index in [1.54, 1.807) is 10.9 Å². The van der Waals surface area contributed by atoms with Crippen LogP contribution in [-0.2, 0) is 16.0 Å². The van der Waals surface area contributed by atoms with Gasteiger partial charge in [0.1, 0.15) is 5.52 Å². The second-order valence-corrected chi connectivity index (χ2v) is 5.96. The van der Waals surface area contributed by atoms with Crippen molar-refractivity contribution in [3.05, 3.63) is 40.5 Å². The Kier molecular flexibility index (Phi) is 5.68. The number of halogens is 1. The molecule has 0 saturated carbocycles. The van der Waals surface area contributed by atoms with Crippen molar-refractivity contribution in [1.82, 2.24) is 25.2 Å². The Bertz CT molecular complexity index is 794. The molecule has 3 heterocycles. The lowest BCUT2D eigenvalue weighted by atomic mass is 10.2. The molecule has 2 N–H and O–H groups in total. The van der Waals surface area contributed by atoms with Crippen LogP contribution >= 0.6 is 15.9 Å². The number of nitrogens with two attached hydrogens (primary N) is 1. The van der Waals surface area contributed by atoms with E-state index < -0.39 is 0 Å². The van der Waals surface area contributed by atoms with Gasteiger partial charge in [-0.3, -0.25) is 0 Å². The highest BCUT2D eigenvalue weighted by atomic mass is 79.9. The predicted octanol–water partition coefficient (Wildman–Crippen LogP) is 1.65. The summed E-state index contributed by atoms with van der Waals surface area (Å²) in [5.74, 6) is 0.413. The van der Waals surface area contributed by atoms with Crippen molar-refractivity contribution in [3.8, 4) is 0 Å². The van der Waals surface area contributed by atoms with Crippen LogP contribution in [0.5, 0.6) is 0 Å². The quantitative estimate of drug-likeness (QED) is 0.707. The van der Waals surface area contributed by atoms with Crippen LogP contribution in [0.4, 0.5) is 5.82 Å². The summed E-state index contributed by atoms with van der Waals surface area (Å²) in [5, 5.41) is 15.8. The van der Waals surface area contributed by atoms with Crippen molar-refractivity contribution in [2.75, 3.05) is 32.2 Å². The highest BCUT2D eigenvalue weighted by molar-refractivity contribution is 9.10. The lowest BCUT2D eigenvalue weighted by Gasteiger charge is -2.09. The molecule has 0 bridgehead atoms. The van der Waals surface area contributed by atoms with E-state index in [0.717, 1.165) is 47.5 Å². The topological polar surface area (TPSA) is 101 Å². The number of anilines is 1. The third-order valence-corrected chi connectivity index (χ3v) is 3.87. The van der Waals surface area contributed by atoms with E-state index in [9.17, 15) is 0 Å². The van der Waals surface area contributed by atoms with E-state index in [1.165, 1.54) is 0 Å². The number of benzene rings is 1. The Morgan fingerprint density at radius 3 is 2.50 bits per heavy atom. The van der Waals surface area contributed by atoms with Crippen molar-refractivity contribution in [3.63, 3.8) is 0 Å². The first-order valence-electron chi connectivity index (χ1n) is 7.44. The molecule has 0 amide bonds. The van der Waals surface area contributed by atoms with Crippen molar-refractivity contribution >= 4 is 32.8 Å². The maximum absolute atomic E-state index is 5.77. The molecule has 8 nitrogen and oxygen atoms in total. The first-order valence-corrected chi connectivity index (χ1v) is 8.23. The molecule has 0 spiro atoms. The van der Waals surface area contributed by atoms with Crippen LogP contribution in [0.1, 0.15) is 5.56 Å². The molecule has 126 valence electrons. The lowest BCUT2D eigenvalue weighted by Crippen LogP contribution is -2.16. The smallest absolute Gasteiger partial charge is 0.151 e. The fraction of sp³-hybridized carbons (Fsp3) is 0.333. The molecule has 0 aliphatic carbocycles. The van der Waals surface area contributed by atoms with Gasteiger partial charge in [-0.15, -0.1) is 10.2 Å². The van der Waals surface area contributed by atoms with Crippen molar-refractivity contribution in [1.29, 1.82) is 0 Å². The number of fused-ring (bicyclic) bond motifs is 1. The number of nitrogens with zero attached hydrogens (tertiary/aromatic N) is 5. The summed E-state index contributed by atoms with van der Waals surface area (Å²) in [5.41, 5.74) is 8.43. The Morgan fingerprint density at radius 2 is 1.83 bits per heavy atom. The van der Waals surface area contributed by atoms with Crippen LogP contribution in [0.25, 0.3) is 11.0 Å². The van der Waals surface area contributed by atoms with Gasteiger partial charge in [0.15, 0.2) is 5.82 Å². The summed E-state index contributed by atoms with van der Waals surface area (Å²) in [6.07, 6.45) is 1.61. The minimum atomic E-state index is 0.413. The molecule has 4 rings (SSSR count). The van der Waals surface area contributed by atoms with E-state index in [2.05, 4.69) is 36.4 Å². The third-order valence-electron chi connectivity index (χ3n) is 3.38. The Morgan fingerprint density at radius 1 is 1.08 bits per heavy atom. The zero-order chi connectivity index (χ0) is 16.8. The number of hydrogen-bond donors (Lipinski definition) is 1. The van der Waals surface area contributed by atoms with Gasteiger partial charge < -0.3 is 15.2 Å². The lowest BCUT2D eigenvalue weighted by molar-refractivity contribution is -0.0334. The Hall–Kier alpha value is -2.10. The van der Waals surface area contributed by atoms with Gasteiger partial charge in [0, 0.05) is 10.0 Å². The zero-order valence-electron chi connectivity index (χ0n) is 12.9. The molecule has 1 fully saturated rings. The standard InChI is InChI=1S/C11H9BrN6.C4H8O2/c12-8-1-2-9-10(5-8)18(17-15-9)6-7-3-4-14-16-11(7)13;1-2-6-4-3-5-1/h1-5H,6H2,(H2,13,16);1-4H2. The zero-order valence-corrected chi connectivity index (χ0v) is 14.5. The van der Waals surface area contributed by atoms with E-state index in [4.69, 9.17) is 15.2 Å². The Balaban J connectivity index is 0.000000238. The van der Waals surface area contributed by atoms with Gasteiger partial charge in [-0.2, -0.15) is 5.10 Å². The van der Waals surface area contributed by atoms with Crippen molar-refractivity contribution < 1.29 is 9.47 Å². The molecule has 1 saturated heterocycles. The predicted molar refractivity (Wildman–Crippen MR) is 92.4 cm³/mol. The van der Waals surface area contributed by atoms with Gasteiger partial charge in [-0.1, -0.05) is 21.1 Å². The molecule has 0 atom stereocenters. The van der Waals surface area contributed by atoms with Gasteiger partial charge in [0.25, 0.3) is 0 Å². The number of aromatic nitrogens is 5. The van der Waals surface area contributed by atoms with E-state index in [1.807, 2.05) is 24.3 Å². The molecule has 9 heteroatoms. The summed E-state index contributed by atoms with van der Waals surface area (Å²) < 4.78 is 12.7. The second kappa shape index (κ2) is 8.13. The van der Waals surface area contributed by atoms with E-state index in [0.29, 0.717) is 12.4 Å². The normalized spacial score (nSPS) is 14.2. The summed E-state index contributed by atoms with van der Waals surface area (Å²) in [6, 6.07) is 7.65.